The molecule has 5 heteroatoms. The molecule has 0 spiro atoms. The molecule has 1 heterocycles. The third-order valence-electron chi connectivity index (χ3n) is 3.18. The number of nitrogens with zero attached hydrogens (tertiary/aromatic N) is 2. The largest absolute Gasteiger partial charge is 0.497 e. The number of thioether (sulfide) groups is 1. The van der Waals surface area contributed by atoms with Crippen LogP contribution in [0.25, 0.3) is 5.69 Å². The number of imidazole rings is 1. The van der Waals surface area contributed by atoms with E-state index in [4.69, 9.17) is 9.47 Å². The van der Waals surface area contributed by atoms with Gasteiger partial charge in [-0.25, -0.2) is 4.98 Å². The van der Waals surface area contributed by atoms with Crippen LogP contribution in [-0.4, -0.2) is 36.1 Å². The van der Waals surface area contributed by atoms with Crippen LogP contribution in [0.4, 0.5) is 0 Å². The van der Waals surface area contributed by atoms with Crippen LogP contribution in [0.2, 0.25) is 0 Å². The van der Waals surface area contributed by atoms with E-state index in [9.17, 15) is 0 Å². The topological polar surface area (TPSA) is 36.3 Å². The molecule has 0 amide bonds. The van der Waals surface area contributed by atoms with E-state index in [1.54, 1.807) is 26.0 Å². The van der Waals surface area contributed by atoms with Crippen molar-refractivity contribution in [3.8, 4) is 11.4 Å². The third-order valence-corrected chi connectivity index (χ3v) is 4.23. The van der Waals surface area contributed by atoms with Gasteiger partial charge in [-0.3, -0.25) is 4.57 Å². The summed E-state index contributed by atoms with van der Waals surface area (Å²) in [5, 5.41) is 1.03. The fourth-order valence-corrected chi connectivity index (χ4v) is 3.00. The van der Waals surface area contributed by atoms with E-state index in [-0.39, 0.29) is 0 Å². The average Bonchev–Trinajstić information content (AvgIpc) is 2.99. The van der Waals surface area contributed by atoms with E-state index < -0.39 is 0 Å². The Hall–Kier alpha value is -1.46. The summed E-state index contributed by atoms with van der Waals surface area (Å²) in [6.45, 7) is 0.852. The van der Waals surface area contributed by atoms with Gasteiger partial charge in [0.2, 0.25) is 0 Å². The summed E-state index contributed by atoms with van der Waals surface area (Å²) >= 11 is 1.80. The molecule has 1 aromatic carbocycles. The summed E-state index contributed by atoms with van der Waals surface area (Å²) in [5.41, 5.74) is 1.11. The van der Waals surface area contributed by atoms with Crippen molar-refractivity contribution in [1.82, 2.24) is 9.55 Å². The van der Waals surface area contributed by atoms with Crippen LogP contribution in [0.1, 0.15) is 19.3 Å². The first-order valence-electron chi connectivity index (χ1n) is 7.14. The van der Waals surface area contributed by atoms with Gasteiger partial charge in [0.05, 0.1) is 7.11 Å². The summed E-state index contributed by atoms with van der Waals surface area (Å²) in [5.74, 6) is 1.95. The molecule has 0 N–H and O–H groups in total. The summed E-state index contributed by atoms with van der Waals surface area (Å²) < 4.78 is 12.4. The summed E-state index contributed by atoms with van der Waals surface area (Å²) in [4.78, 5) is 4.44. The van der Waals surface area contributed by atoms with Gasteiger partial charge in [0.25, 0.3) is 0 Å². The van der Waals surface area contributed by atoms with Gasteiger partial charge in [-0.05, 0) is 37.1 Å². The van der Waals surface area contributed by atoms with Crippen LogP contribution in [0.3, 0.4) is 0 Å². The van der Waals surface area contributed by atoms with Gasteiger partial charge in [-0.15, -0.1) is 0 Å². The number of rotatable bonds is 9. The lowest BCUT2D eigenvalue weighted by molar-refractivity contribution is 0.192. The molecular weight excluding hydrogens is 284 g/mol. The minimum Gasteiger partial charge on any atom is -0.497 e. The highest BCUT2D eigenvalue weighted by atomic mass is 32.2. The molecule has 0 fully saturated rings. The third kappa shape index (κ3) is 4.79. The molecule has 2 aromatic rings. The maximum Gasteiger partial charge on any atom is 0.172 e. The average molecular weight is 306 g/mol. The fraction of sp³-hybridized carbons (Fsp3) is 0.438. The highest BCUT2D eigenvalue weighted by Crippen LogP contribution is 2.23. The Kier molecular flexibility index (Phi) is 6.63. The first kappa shape index (κ1) is 15.9. The Balaban J connectivity index is 1.89. The molecule has 0 aliphatic carbocycles. The lowest BCUT2D eigenvalue weighted by Crippen LogP contribution is -1.96. The van der Waals surface area contributed by atoms with Gasteiger partial charge < -0.3 is 9.47 Å². The fourth-order valence-electron chi connectivity index (χ4n) is 2.02. The first-order chi connectivity index (χ1) is 10.3. The molecular formula is C16H22N2O2S. The summed E-state index contributed by atoms with van der Waals surface area (Å²) in [6.07, 6.45) is 7.35. The van der Waals surface area contributed by atoms with Crippen molar-refractivity contribution in [2.75, 3.05) is 26.6 Å². The van der Waals surface area contributed by atoms with E-state index in [1.165, 1.54) is 12.8 Å². The van der Waals surface area contributed by atoms with Gasteiger partial charge in [-0.1, -0.05) is 18.2 Å². The van der Waals surface area contributed by atoms with Gasteiger partial charge >= 0.3 is 0 Å². The predicted octanol–water partition coefficient (Wildman–Crippen LogP) is 3.79. The zero-order valence-electron chi connectivity index (χ0n) is 12.6. The van der Waals surface area contributed by atoms with Crippen molar-refractivity contribution < 1.29 is 9.47 Å². The zero-order valence-corrected chi connectivity index (χ0v) is 13.4. The second-order valence-electron chi connectivity index (χ2n) is 4.68. The second kappa shape index (κ2) is 8.74. The highest BCUT2D eigenvalue weighted by molar-refractivity contribution is 7.99. The number of hydrogen-bond acceptors (Lipinski definition) is 4. The SMILES string of the molecule is COCCCCCSc1nccn1-c1ccc(OC)cc1. The monoisotopic (exact) mass is 306 g/mol. The van der Waals surface area contributed by atoms with Crippen molar-refractivity contribution in [3.63, 3.8) is 0 Å². The second-order valence-corrected chi connectivity index (χ2v) is 5.74. The molecule has 0 radical (unpaired) electrons. The van der Waals surface area contributed by atoms with Crippen LogP contribution in [0, 0.1) is 0 Å². The minimum absolute atomic E-state index is 0.852. The van der Waals surface area contributed by atoms with E-state index in [0.29, 0.717) is 0 Å². The molecule has 114 valence electrons. The summed E-state index contributed by atoms with van der Waals surface area (Å²) in [7, 11) is 3.43. The quantitative estimate of drug-likeness (QED) is 0.522. The molecule has 0 bridgehead atoms. The number of methoxy groups -OCH3 is 2. The molecule has 0 atom stereocenters. The lowest BCUT2D eigenvalue weighted by Gasteiger charge is -2.08. The highest BCUT2D eigenvalue weighted by Gasteiger charge is 2.05. The molecule has 21 heavy (non-hydrogen) atoms. The number of hydrogen-bond donors (Lipinski definition) is 0. The van der Waals surface area contributed by atoms with Crippen LogP contribution in [0.5, 0.6) is 5.75 Å². The molecule has 4 nitrogen and oxygen atoms in total. The molecule has 0 aliphatic rings. The van der Waals surface area contributed by atoms with Crippen molar-refractivity contribution in [2.24, 2.45) is 0 Å². The molecule has 0 saturated carbocycles. The lowest BCUT2D eigenvalue weighted by atomic mass is 10.3. The van der Waals surface area contributed by atoms with E-state index in [2.05, 4.69) is 9.55 Å². The van der Waals surface area contributed by atoms with Crippen LogP contribution in [-0.2, 0) is 4.74 Å². The Morgan fingerprint density at radius 2 is 1.90 bits per heavy atom. The van der Waals surface area contributed by atoms with Crippen molar-refractivity contribution >= 4 is 11.8 Å². The summed E-state index contributed by atoms with van der Waals surface area (Å²) in [6, 6.07) is 8.02. The van der Waals surface area contributed by atoms with E-state index >= 15 is 0 Å². The predicted molar refractivity (Wildman–Crippen MR) is 86.6 cm³/mol. The zero-order chi connectivity index (χ0) is 14.9. The molecule has 0 saturated heterocycles. The maximum atomic E-state index is 5.19. The normalized spacial score (nSPS) is 10.8. The van der Waals surface area contributed by atoms with Gasteiger partial charge in [0.15, 0.2) is 5.16 Å². The Bertz CT molecular complexity index is 525. The van der Waals surface area contributed by atoms with Crippen molar-refractivity contribution in [1.29, 1.82) is 0 Å². The number of benzene rings is 1. The van der Waals surface area contributed by atoms with Gasteiger partial charge in [0.1, 0.15) is 5.75 Å². The Morgan fingerprint density at radius 1 is 1.10 bits per heavy atom. The van der Waals surface area contributed by atoms with Crippen LogP contribution in [0.15, 0.2) is 41.8 Å². The Morgan fingerprint density at radius 3 is 2.62 bits per heavy atom. The van der Waals surface area contributed by atoms with Gasteiger partial charge in [0, 0.05) is 37.6 Å². The van der Waals surface area contributed by atoms with Crippen LogP contribution < -0.4 is 4.74 Å². The number of ether oxygens (including phenoxy) is 2. The minimum atomic E-state index is 0.852. The first-order valence-corrected chi connectivity index (χ1v) is 8.13. The number of unbranched alkanes of at least 4 members (excludes halogenated alkanes) is 2. The molecule has 1 aromatic heterocycles. The van der Waals surface area contributed by atoms with Crippen LogP contribution >= 0.6 is 11.8 Å². The molecule has 0 aliphatic heterocycles. The maximum absolute atomic E-state index is 5.19. The van der Waals surface area contributed by atoms with Crippen molar-refractivity contribution in [3.05, 3.63) is 36.7 Å². The van der Waals surface area contributed by atoms with Crippen molar-refractivity contribution in [2.45, 2.75) is 24.4 Å². The molecule has 2 rings (SSSR count). The standard InChI is InChI=1S/C16H22N2O2S/c1-19-12-4-3-5-13-21-16-17-10-11-18(16)14-6-8-15(20-2)9-7-14/h6-11H,3-5,12-13H2,1-2H3. The molecule has 0 unspecified atom stereocenters. The van der Waals surface area contributed by atoms with Gasteiger partial charge in [-0.2, -0.15) is 0 Å². The van der Waals surface area contributed by atoms with E-state index in [1.807, 2.05) is 36.7 Å². The Labute approximate surface area is 130 Å². The smallest absolute Gasteiger partial charge is 0.172 e. The van der Waals surface area contributed by atoms with E-state index in [0.717, 1.165) is 35.4 Å². The number of aromatic nitrogens is 2.